The van der Waals surface area contributed by atoms with Gasteiger partial charge in [-0.2, -0.15) is 0 Å². The summed E-state index contributed by atoms with van der Waals surface area (Å²) in [5.74, 6) is 0.722. The summed E-state index contributed by atoms with van der Waals surface area (Å²) in [6.45, 7) is 6.37. The van der Waals surface area contributed by atoms with Crippen LogP contribution in [0.4, 0.5) is 0 Å². The summed E-state index contributed by atoms with van der Waals surface area (Å²) in [7, 11) is 4.29. The first-order chi connectivity index (χ1) is 8.50. The fraction of sp³-hybridized carbons (Fsp3) is 0.600. The summed E-state index contributed by atoms with van der Waals surface area (Å²) in [5, 5.41) is 4.35. The summed E-state index contributed by atoms with van der Waals surface area (Å²) in [6.07, 6.45) is 1.21. The summed E-state index contributed by atoms with van der Waals surface area (Å²) in [5.41, 5.74) is 1.17. The third-order valence-electron chi connectivity index (χ3n) is 3.13. The highest BCUT2D eigenvalue weighted by atomic mass is 35.5. The van der Waals surface area contributed by atoms with Gasteiger partial charge in [0.15, 0.2) is 0 Å². The van der Waals surface area contributed by atoms with E-state index in [4.69, 9.17) is 11.6 Å². The van der Waals surface area contributed by atoms with Crippen LogP contribution in [0.15, 0.2) is 24.3 Å². The predicted octanol–water partition coefficient (Wildman–Crippen LogP) is 3.41. The maximum Gasteiger partial charge on any atom is 0.0450 e. The van der Waals surface area contributed by atoms with E-state index < -0.39 is 0 Å². The highest BCUT2D eigenvalue weighted by molar-refractivity contribution is 6.31. The normalized spacial score (nSPS) is 13.3. The molecular formula is C15H25ClN2. The fourth-order valence-corrected chi connectivity index (χ4v) is 2.24. The van der Waals surface area contributed by atoms with E-state index in [-0.39, 0.29) is 0 Å². The van der Waals surface area contributed by atoms with E-state index in [2.05, 4.69) is 44.2 Å². The molecule has 18 heavy (non-hydrogen) atoms. The topological polar surface area (TPSA) is 15.3 Å². The van der Waals surface area contributed by atoms with Crippen molar-refractivity contribution < 1.29 is 0 Å². The van der Waals surface area contributed by atoms with Gasteiger partial charge in [-0.15, -0.1) is 0 Å². The molecule has 1 unspecified atom stereocenters. The van der Waals surface area contributed by atoms with Gasteiger partial charge in [0.05, 0.1) is 0 Å². The standard InChI is InChI=1S/C15H25ClN2/c1-12(2)9-14(18(3)4)11-17-10-13-7-5-6-8-15(13)16/h5-8,12,14,17H,9-11H2,1-4H3. The Morgan fingerprint density at radius 1 is 1.22 bits per heavy atom. The van der Waals surface area contributed by atoms with Crippen molar-refractivity contribution in [2.45, 2.75) is 32.9 Å². The van der Waals surface area contributed by atoms with E-state index in [1.165, 1.54) is 12.0 Å². The molecule has 1 N–H and O–H groups in total. The number of nitrogens with zero attached hydrogens (tertiary/aromatic N) is 1. The third-order valence-corrected chi connectivity index (χ3v) is 3.50. The number of nitrogens with one attached hydrogen (secondary N) is 1. The summed E-state index contributed by atoms with van der Waals surface area (Å²) >= 11 is 6.14. The molecule has 0 bridgehead atoms. The Balaban J connectivity index is 2.41. The number of likely N-dealkylation sites (N-methyl/N-ethyl adjacent to an activating group) is 1. The molecule has 0 spiro atoms. The maximum atomic E-state index is 6.14. The molecular weight excluding hydrogens is 244 g/mol. The summed E-state index contributed by atoms with van der Waals surface area (Å²) in [4.78, 5) is 2.29. The van der Waals surface area contributed by atoms with Crippen molar-refractivity contribution in [3.05, 3.63) is 34.9 Å². The Hall–Kier alpha value is -0.570. The lowest BCUT2D eigenvalue weighted by atomic mass is 10.0. The molecule has 1 aromatic rings. The molecule has 0 heterocycles. The molecule has 0 saturated carbocycles. The zero-order chi connectivity index (χ0) is 13.5. The van der Waals surface area contributed by atoms with Gasteiger partial charge in [0.25, 0.3) is 0 Å². The molecule has 0 saturated heterocycles. The Kier molecular flexibility index (Phi) is 6.69. The number of hydrogen-bond acceptors (Lipinski definition) is 2. The molecule has 0 radical (unpaired) electrons. The second-order valence-electron chi connectivity index (χ2n) is 5.47. The van der Waals surface area contributed by atoms with Crippen LogP contribution in [0.2, 0.25) is 5.02 Å². The third kappa shape index (κ3) is 5.38. The molecule has 0 amide bonds. The van der Waals surface area contributed by atoms with E-state index in [0.717, 1.165) is 24.0 Å². The molecule has 3 heteroatoms. The number of rotatable bonds is 7. The van der Waals surface area contributed by atoms with Gasteiger partial charge in [-0.1, -0.05) is 43.6 Å². The molecule has 1 aromatic carbocycles. The van der Waals surface area contributed by atoms with Crippen molar-refractivity contribution in [1.82, 2.24) is 10.2 Å². The number of hydrogen-bond donors (Lipinski definition) is 1. The van der Waals surface area contributed by atoms with Crippen molar-refractivity contribution in [3.63, 3.8) is 0 Å². The van der Waals surface area contributed by atoms with Gasteiger partial charge in [-0.3, -0.25) is 0 Å². The average molecular weight is 269 g/mol. The Labute approximate surface area is 116 Å². The van der Waals surface area contributed by atoms with Gasteiger partial charge in [0.1, 0.15) is 0 Å². The van der Waals surface area contributed by atoms with E-state index >= 15 is 0 Å². The van der Waals surface area contributed by atoms with Gasteiger partial charge >= 0.3 is 0 Å². The van der Waals surface area contributed by atoms with Crippen LogP contribution in [0.5, 0.6) is 0 Å². The molecule has 102 valence electrons. The maximum absolute atomic E-state index is 6.14. The SMILES string of the molecule is CC(C)CC(CNCc1ccccc1Cl)N(C)C. The first kappa shape index (κ1) is 15.5. The average Bonchev–Trinajstić information content (AvgIpc) is 2.29. The van der Waals surface area contributed by atoms with Crippen molar-refractivity contribution in [2.75, 3.05) is 20.6 Å². The zero-order valence-electron chi connectivity index (χ0n) is 11.9. The number of benzene rings is 1. The predicted molar refractivity (Wildman–Crippen MR) is 80.1 cm³/mol. The van der Waals surface area contributed by atoms with Crippen LogP contribution in [-0.4, -0.2) is 31.6 Å². The lowest BCUT2D eigenvalue weighted by Crippen LogP contribution is -2.38. The van der Waals surface area contributed by atoms with Crippen molar-refractivity contribution >= 4 is 11.6 Å². The minimum atomic E-state index is 0.576. The minimum absolute atomic E-state index is 0.576. The van der Waals surface area contributed by atoms with Gasteiger partial charge in [-0.05, 0) is 38.1 Å². The number of halogens is 1. The summed E-state index contributed by atoms with van der Waals surface area (Å²) in [6, 6.07) is 8.58. The second-order valence-corrected chi connectivity index (χ2v) is 5.88. The Bertz CT molecular complexity index is 350. The first-order valence-electron chi connectivity index (χ1n) is 6.61. The van der Waals surface area contributed by atoms with E-state index in [1.807, 2.05) is 18.2 Å². The van der Waals surface area contributed by atoms with Crippen LogP contribution in [-0.2, 0) is 6.54 Å². The molecule has 0 aliphatic carbocycles. The van der Waals surface area contributed by atoms with E-state index in [0.29, 0.717) is 6.04 Å². The van der Waals surface area contributed by atoms with Crippen LogP contribution in [0.1, 0.15) is 25.8 Å². The molecule has 2 nitrogen and oxygen atoms in total. The highest BCUT2D eigenvalue weighted by Crippen LogP contribution is 2.14. The van der Waals surface area contributed by atoms with Crippen LogP contribution in [0, 0.1) is 5.92 Å². The molecule has 1 rings (SSSR count). The molecule has 0 aliphatic rings. The monoisotopic (exact) mass is 268 g/mol. The van der Waals surface area contributed by atoms with Crippen LogP contribution >= 0.6 is 11.6 Å². The quantitative estimate of drug-likeness (QED) is 0.815. The van der Waals surface area contributed by atoms with Gasteiger partial charge in [0.2, 0.25) is 0 Å². The lowest BCUT2D eigenvalue weighted by molar-refractivity contribution is 0.246. The van der Waals surface area contributed by atoms with Crippen LogP contribution < -0.4 is 5.32 Å². The molecule has 0 fully saturated rings. The Morgan fingerprint density at radius 2 is 1.89 bits per heavy atom. The van der Waals surface area contributed by atoms with E-state index in [9.17, 15) is 0 Å². The molecule has 1 atom stereocenters. The Morgan fingerprint density at radius 3 is 2.44 bits per heavy atom. The van der Waals surface area contributed by atoms with Gasteiger partial charge in [-0.25, -0.2) is 0 Å². The largest absolute Gasteiger partial charge is 0.311 e. The van der Waals surface area contributed by atoms with Crippen molar-refractivity contribution in [2.24, 2.45) is 5.92 Å². The molecule has 0 aromatic heterocycles. The molecule has 0 aliphatic heterocycles. The summed E-state index contributed by atoms with van der Waals surface area (Å²) < 4.78 is 0. The highest BCUT2D eigenvalue weighted by Gasteiger charge is 2.12. The van der Waals surface area contributed by atoms with Crippen molar-refractivity contribution in [3.8, 4) is 0 Å². The van der Waals surface area contributed by atoms with E-state index in [1.54, 1.807) is 0 Å². The van der Waals surface area contributed by atoms with Crippen molar-refractivity contribution in [1.29, 1.82) is 0 Å². The second kappa shape index (κ2) is 7.78. The first-order valence-corrected chi connectivity index (χ1v) is 6.99. The zero-order valence-corrected chi connectivity index (χ0v) is 12.7. The van der Waals surface area contributed by atoms with Gasteiger partial charge < -0.3 is 10.2 Å². The fourth-order valence-electron chi connectivity index (χ4n) is 2.04. The van der Waals surface area contributed by atoms with Gasteiger partial charge in [0, 0.05) is 24.2 Å². The smallest absolute Gasteiger partial charge is 0.0450 e. The lowest BCUT2D eigenvalue weighted by Gasteiger charge is -2.26. The van der Waals surface area contributed by atoms with Crippen LogP contribution in [0.25, 0.3) is 0 Å². The minimum Gasteiger partial charge on any atom is -0.311 e. The van der Waals surface area contributed by atoms with Crippen LogP contribution in [0.3, 0.4) is 0 Å².